The maximum atomic E-state index is 11.9. The van der Waals surface area contributed by atoms with Gasteiger partial charge in [-0.1, -0.05) is 29.3 Å². The van der Waals surface area contributed by atoms with Crippen LogP contribution in [0, 0.1) is 13.8 Å². The molecule has 5 rings (SSSR count). The first-order valence-electron chi connectivity index (χ1n) is 10.6. The molecule has 0 atom stereocenters. The van der Waals surface area contributed by atoms with E-state index < -0.39 is 11.9 Å². The third-order valence-corrected chi connectivity index (χ3v) is 5.66. The predicted octanol–water partition coefficient (Wildman–Crippen LogP) is 5.53. The number of hydrogen-bond donors (Lipinski definition) is 2. The van der Waals surface area contributed by atoms with Crippen LogP contribution in [0.15, 0.2) is 66.7 Å². The number of benzene rings is 2. The molecule has 5 aromatic rings. The second-order valence-corrected chi connectivity index (χ2v) is 8.17. The van der Waals surface area contributed by atoms with Crippen LogP contribution in [0.2, 0.25) is 0 Å². The molecule has 0 aliphatic rings. The largest absolute Gasteiger partial charge is 0.478 e. The number of carboxylic acid groups (broad SMARTS) is 2. The first-order chi connectivity index (χ1) is 16.3. The Labute approximate surface area is 194 Å². The molecule has 0 bridgehead atoms. The number of aromatic nitrogens is 3. The molecule has 0 fully saturated rings. The topological polar surface area (TPSA) is 113 Å². The van der Waals surface area contributed by atoms with E-state index in [1.807, 2.05) is 26.0 Å². The lowest BCUT2D eigenvalue weighted by atomic mass is 10.0. The average molecular weight is 449 g/mol. The lowest BCUT2D eigenvalue weighted by Gasteiger charge is -2.10. The van der Waals surface area contributed by atoms with Crippen molar-refractivity contribution in [3.8, 4) is 22.8 Å². The molecule has 3 heterocycles. The van der Waals surface area contributed by atoms with E-state index in [1.54, 1.807) is 42.5 Å². The first kappa shape index (κ1) is 21.2. The Bertz CT molecular complexity index is 1520. The lowest BCUT2D eigenvalue weighted by molar-refractivity contribution is 0.0688. The summed E-state index contributed by atoms with van der Waals surface area (Å²) in [4.78, 5) is 37.8. The first-order valence-corrected chi connectivity index (χ1v) is 10.6. The van der Waals surface area contributed by atoms with Gasteiger partial charge in [-0.3, -0.25) is 0 Å². The zero-order chi connectivity index (χ0) is 24.0. The molecule has 7 nitrogen and oxygen atoms in total. The van der Waals surface area contributed by atoms with Gasteiger partial charge in [0.1, 0.15) is 0 Å². The highest BCUT2D eigenvalue weighted by atomic mass is 16.4. The van der Waals surface area contributed by atoms with E-state index in [9.17, 15) is 19.8 Å². The molecule has 2 aromatic carbocycles. The number of carbonyl (C=O) groups is 2. The van der Waals surface area contributed by atoms with Crippen molar-refractivity contribution in [2.45, 2.75) is 13.8 Å². The van der Waals surface area contributed by atoms with Gasteiger partial charge in [-0.25, -0.2) is 24.5 Å². The summed E-state index contributed by atoms with van der Waals surface area (Å²) in [7, 11) is 0. The maximum Gasteiger partial charge on any atom is 0.336 e. The molecule has 0 aliphatic heterocycles. The van der Waals surface area contributed by atoms with Crippen LogP contribution in [0.4, 0.5) is 0 Å². The fourth-order valence-corrected chi connectivity index (χ4v) is 4.02. The molecule has 34 heavy (non-hydrogen) atoms. The Hall–Kier alpha value is -4.65. The number of aromatic carboxylic acids is 2. The number of pyridine rings is 3. The van der Waals surface area contributed by atoms with Crippen LogP contribution in [-0.2, 0) is 0 Å². The van der Waals surface area contributed by atoms with Crippen molar-refractivity contribution in [1.29, 1.82) is 0 Å². The average Bonchev–Trinajstić information content (AvgIpc) is 2.82. The summed E-state index contributed by atoms with van der Waals surface area (Å²) in [5, 5.41) is 20.7. The van der Waals surface area contributed by atoms with E-state index in [-0.39, 0.29) is 11.1 Å². The summed E-state index contributed by atoms with van der Waals surface area (Å²) in [6.07, 6.45) is 0. The molecule has 7 heteroatoms. The van der Waals surface area contributed by atoms with E-state index >= 15 is 0 Å². The third kappa shape index (κ3) is 3.73. The van der Waals surface area contributed by atoms with Crippen LogP contribution in [0.1, 0.15) is 31.8 Å². The van der Waals surface area contributed by atoms with Gasteiger partial charge >= 0.3 is 11.9 Å². The van der Waals surface area contributed by atoms with Gasteiger partial charge in [0.15, 0.2) is 0 Å². The fraction of sp³-hybridized carbons (Fsp3) is 0.0741. The highest BCUT2D eigenvalue weighted by Gasteiger charge is 2.17. The SMILES string of the molecule is Cc1ccc2nc(-c3cccc(-c4cc(C(=O)O)c5cc(C)ccc5n4)n3)cc(C(=O)O)c2c1. The Morgan fingerprint density at radius 1 is 0.588 bits per heavy atom. The molecule has 0 radical (unpaired) electrons. The number of hydrogen-bond acceptors (Lipinski definition) is 5. The molecule has 3 aromatic heterocycles. The smallest absolute Gasteiger partial charge is 0.336 e. The number of rotatable bonds is 4. The van der Waals surface area contributed by atoms with Crippen LogP contribution < -0.4 is 0 Å². The monoisotopic (exact) mass is 449 g/mol. The van der Waals surface area contributed by atoms with E-state index in [2.05, 4.69) is 15.0 Å². The van der Waals surface area contributed by atoms with Gasteiger partial charge in [-0.05, 0) is 62.4 Å². The second kappa shape index (κ2) is 8.04. The molecule has 0 spiro atoms. The van der Waals surface area contributed by atoms with Crippen molar-refractivity contribution in [2.75, 3.05) is 0 Å². The van der Waals surface area contributed by atoms with Crippen LogP contribution in [0.5, 0.6) is 0 Å². The van der Waals surface area contributed by atoms with Crippen molar-refractivity contribution >= 4 is 33.7 Å². The third-order valence-electron chi connectivity index (χ3n) is 5.66. The van der Waals surface area contributed by atoms with Crippen LogP contribution in [-0.4, -0.2) is 37.1 Å². The fourth-order valence-electron chi connectivity index (χ4n) is 4.02. The van der Waals surface area contributed by atoms with E-state index in [4.69, 9.17) is 0 Å². The molecule has 0 saturated carbocycles. The highest BCUT2D eigenvalue weighted by Crippen LogP contribution is 2.28. The highest BCUT2D eigenvalue weighted by molar-refractivity contribution is 6.05. The standard InChI is InChI=1S/C27H19N3O4/c1-14-6-8-20-16(10-14)18(26(31)32)12-24(28-20)22-4-3-5-23(30-22)25-13-19(27(33)34)17-11-15(2)7-9-21(17)29-25/h3-13H,1-2H3,(H,31,32)(H,33,34). The molecule has 0 amide bonds. The van der Waals surface area contributed by atoms with Crippen molar-refractivity contribution in [2.24, 2.45) is 0 Å². The molecule has 0 aliphatic carbocycles. The van der Waals surface area contributed by atoms with Gasteiger partial charge in [0.25, 0.3) is 0 Å². The van der Waals surface area contributed by atoms with Gasteiger partial charge in [0.05, 0.1) is 44.9 Å². The maximum absolute atomic E-state index is 11.9. The lowest BCUT2D eigenvalue weighted by Crippen LogP contribution is -2.02. The number of fused-ring (bicyclic) bond motifs is 2. The van der Waals surface area contributed by atoms with Crippen molar-refractivity contribution in [3.05, 3.63) is 89.0 Å². The van der Waals surface area contributed by atoms with Crippen molar-refractivity contribution in [3.63, 3.8) is 0 Å². The van der Waals surface area contributed by atoms with E-state index in [0.29, 0.717) is 44.6 Å². The molecular weight excluding hydrogens is 430 g/mol. The summed E-state index contributed by atoms with van der Waals surface area (Å²) >= 11 is 0. The zero-order valence-electron chi connectivity index (χ0n) is 18.4. The van der Waals surface area contributed by atoms with E-state index in [0.717, 1.165) is 11.1 Å². The normalized spacial score (nSPS) is 11.1. The van der Waals surface area contributed by atoms with Crippen molar-refractivity contribution < 1.29 is 19.8 Å². The summed E-state index contributed by atoms with van der Waals surface area (Å²) < 4.78 is 0. The zero-order valence-corrected chi connectivity index (χ0v) is 18.4. The summed E-state index contributed by atoms with van der Waals surface area (Å²) in [6.45, 7) is 3.79. The van der Waals surface area contributed by atoms with Gasteiger partial charge in [0, 0.05) is 10.8 Å². The predicted molar refractivity (Wildman–Crippen MR) is 129 cm³/mol. The molecule has 0 unspecified atom stereocenters. The Balaban J connectivity index is 1.68. The van der Waals surface area contributed by atoms with E-state index in [1.165, 1.54) is 12.1 Å². The molecule has 166 valence electrons. The summed E-state index contributed by atoms with van der Waals surface area (Å²) in [5.74, 6) is -2.10. The minimum absolute atomic E-state index is 0.142. The summed E-state index contributed by atoms with van der Waals surface area (Å²) in [6, 6.07) is 19.2. The van der Waals surface area contributed by atoms with Gasteiger partial charge in [-0.15, -0.1) is 0 Å². The summed E-state index contributed by atoms with van der Waals surface area (Å²) in [5.41, 5.74) is 5.02. The Kier molecular flexibility index (Phi) is 5.02. The van der Waals surface area contributed by atoms with Crippen LogP contribution >= 0.6 is 0 Å². The molecule has 2 N–H and O–H groups in total. The number of nitrogens with zero attached hydrogens (tertiary/aromatic N) is 3. The molecule has 0 saturated heterocycles. The minimum atomic E-state index is -1.05. The molecular formula is C27H19N3O4. The van der Waals surface area contributed by atoms with Crippen molar-refractivity contribution in [1.82, 2.24) is 15.0 Å². The van der Waals surface area contributed by atoms with Gasteiger partial charge in [0.2, 0.25) is 0 Å². The Morgan fingerprint density at radius 2 is 1.03 bits per heavy atom. The van der Waals surface area contributed by atoms with Crippen LogP contribution in [0.3, 0.4) is 0 Å². The second-order valence-electron chi connectivity index (χ2n) is 8.17. The number of carboxylic acids is 2. The minimum Gasteiger partial charge on any atom is -0.478 e. The quantitative estimate of drug-likeness (QED) is 0.371. The van der Waals surface area contributed by atoms with Crippen LogP contribution in [0.25, 0.3) is 44.6 Å². The number of aryl methyl sites for hydroxylation is 2. The van der Waals surface area contributed by atoms with Gasteiger partial charge < -0.3 is 10.2 Å². The Morgan fingerprint density at radius 3 is 1.44 bits per heavy atom. The van der Waals surface area contributed by atoms with Gasteiger partial charge in [-0.2, -0.15) is 0 Å².